The summed E-state index contributed by atoms with van der Waals surface area (Å²) in [5, 5.41) is 12.4. The number of hydrogen-bond acceptors (Lipinski definition) is 6. The maximum atomic E-state index is 12.7. The zero-order valence-electron chi connectivity index (χ0n) is 24.8. The van der Waals surface area contributed by atoms with Gasteiger partial charge in [0.05, 0.1) is 5.60 Å². The molecule has 2 spiro atoms. The molecule has 5 fully saturated rings. The molecule has 1 N–H and O–H groups in total. The number of aliphatic hydroxyl groups is 1. The van der Waals surface area contributed by atoms with Gasteiger partial charge in [-0.3, -0.25) is 9.69 Å². The Morgan fingerprint density at radius 2 is 1.95 bits per heavy atom. The van der Waals surface area contributed by atoms with E-state index in [1.807, 2.05) is 27.0 Å². The average Bonchev–Trinajstić information content (AvgIpc) is 3.62. The van der Waals surface area contributed by atoms with Crippen molar-refractivity contribution >= 4 is 5.97 Å². The third-order valence-corrected chi connectivity index (χ3v) is 12.5. The SMILES string of the molecule is CCCC(=O)Oc1ccc2c3c1O[C@H]1[C@@]4(OC)CC[C@@]5(C[C@@H]4[C@](C)(O)C(C)(C)C)[C@@H](C2)N(CC2CC2)CC[C@]315. The van der Waals surface area contributed by atoms with Crippen LogP contribution in [0.3, 0.4) is 0 Å². The van der Waals surface area contributed by atoms with Crippen molar-refractivity contribution in [3.63, 3.8) is 0 Å². The van der Waals surface area contributed by atoms with E-state index in [1.54, 1.807) is 0 Å². The van der Waals surface area contributed by atoms with Crippen LogP contribution in [-0.4, -0.2) is 59.5 Å². The number of esters is 1. The van der Waals surface area contributed by atoms with Crippen molar-refractivity contribution in [2.45, 2.75) is 121 Å². The summed E-state index contributed by atoms with van der Waals surface area (Å²) in [5.41, 5.74) is 0.590. The van der Waals surface area contributed by atoms with Gasteiger partial charge in [0, 0.05) is 48.4 Å². The molecule has 4 saturated carbocycles. The highest BCUT2D eigenvalue weighted by Crippen LogP contribution is 2.78. The van der Waals surface area contributed by atoms with Gasteiger partial charge < -0.3 is 19.3 Å². The maximum absolute atomic E-state index is 12.7. The van der Waals surface area contributed by atoms with Crippen molar-refractivity contribution in [3.8, 4) is 11.5 Å². The third-order valence-electron chi connectivity index (χ3n) is 12.5. The minimum atomic E-state index is -0.942. The Kier molecular flexibility index (Phi) is 5.54. The second kappa shape index (κ2) is 8.23. The van der Waals surface area contributed by atoms with Crippen LogP contribution in [0.15, 0.2) is 12.1 Å². The lowest BCUT2D eigenvalue weighted by atomic mass is 9.33. The number of hydrogen-bond donors (Lipinski definition) is 1. The second-order valence-corrected chi connectivity index (χ2v) is 15.0. The van der Waals surface area contributed by atoms with Gasteiger partial charge in [-0.1, -0.05) is 33.8 Å². The molecule has 1 saturated heterocycles. The van der Waals surface area contributed by atoms with Crippen molar-refractivity contribution in [1.29, 1.82) is 0 Å². The summed E-state index contributed by atoms with van der Waals surface area (Å²) in [7, 11) is 1.83. The van der Waals surface area contributed by atoms with Crippen molar-refractivity contribution in [2.75, 3.05) is 20.2 Å². The molecule has 0 unspecified atom stereocenters. The molecule has 0 amide bonds. The molecule has 1 aromatic rings. The van der Waals surface area contributed by atoms with E-state index in [9.17, 15) is 9.90 Å². The maximum Gasteiger partial charge on any atom is 0.311 e. The van der Waals surface area contributed by atoms with Gasteiger partial charge >= 0.3 is 5.97 Å². The average molecular weight is 538 g/mol. The van der Waals surface area contributed by atoms with E-state index in [4.69, 9.17) is 14.2 Å². The number of piperidine rings is 1. The molecule has 214 valence electrons. The lowest BCUT2D eigenvalue weighted by molar-refractivity contribution is -0.312. The Hall–Kier alpha value is -1.63. The zero-order chi connectivity index (χ0) is 27.6. The predicted molar refractivity (Wildman–Crippen MR) is 149 cm³/mol. The third kappa shape index (κ3) is 3.17. The number of methoxy groups -OCH3 is 1. The van der Waals surface area contributed by atoms with Crippen LogP contribution in [0.5, 0.6) is 11.5 Å². The fourth-order valence-electron chi connectivity index (χ4n) is 10.0. The van der Waals surface area contributed by atoms with Crippen molar-refractivity contribution < 1.29 is 24.1 Å². The van der Waals surface area contributed by atoms with E-state index in [1.165, 1.54) is 30.5 Å². The standard InChI is InChI=1S/C33H47NO5/c1-7-8-25(35)38-22-12-11-21-17-24-31-13-14-33(37-6,23(18-31)30(5,36)29(2,3)4)28-32(31,26(21)27(22)39-28)15-16-34(24)19-20-9-10-20/h11-12,20,23-24,28,36H,7-10,13-19H2,1-6H3/t23-,24-,28-,30+,31-,32+,33-/m1/s1. The van der Waals surface area contributed by atoms with E-state index in [0.29, 0.717) is 18.2 Å². The number of ether oxygens (including phenoxy) is 3. The van der Waals surface area contributed by atoms with Gasteiger partial charge in [-0.05, 0) is 87.8 Å². The first-order chi connectivity index (χ1) is 18.4. The first kappa shape index (κ1) is 26.3. The quantitative estimate of drug-likeness (QED) is 0.370. The van der Waals surface area contributed by atoms with Crippen LogP contribution in [0.1, 0.15) is 97.1 Å². The van der Waals surface area contributed by atoms with Gasteiger partial charge in [0.25, 0.3) is 0 Å². The molecule has 1 aromatic carbocycles. The smallest absolute Gasteiger partial charge is 0.311 e. The molecule has 6 nitrogen and oxygen atoms in total. The first-order valence-electron chi connectivity index (χ1n) is 15.5. The summed E-state index contributed by atoms with van der Waals surface area (Å²) in [4.78, 5) is 15.5. The highest BCUT2D eigenvalue weighted by atomic mass is 16.6. The Morgan fingerprint density at radius 3 is 2.62 bits per heavy atom. The van der Waals surface area contributed by atoms with Crippen molar-refractivity contribution in [1.82, 2.24) is 4.90 Å². The van der Waals surface area contributed by atoms with E-state index >= 15 is 0 Å². The van der Waals surface area contributed by atoms with Crippen LogP contribution in [-0.2, 0) is 21.4 Å². The summed E-state index contributed by atoms with van der Waals surface area (Å²) < 4.78 is 19.8. The molecule has 7 atom stereocenters. The molecule has 6 heteroatoms. The molecular formula is C33H47NO5. The van der Waals surface area contributed by atoms with Gasteiger partial charge in [-0.25, -0.2) is 0 Å². The van der Waals surface area contributed by atoms with E-state index in [2.05, 4.69) is 31.7 Å². The molecule has 0 aromatic heterocycles. The Bertz CT molecular complexity index is 1200. The molecular weight excluding hydrogens is 490 g/mol. The van der Waals surface area contributed by atoms with Crippen LogP contribution in [0.4, 0.5) is 0 Å². The summed E-state index contributed by atoms with van der Waals surface area (Å²) in [6, 6.07) is 4.61. The Labute approximate surface area is 233 Å². The van der Waals surface area contributed by atoms with Gasteiger partial charge in [0.2, 0.25) is 0 Å². The van der Waals surface area contributed by atoms with Crippen LogP contribution in [0, 0.1) is 22.7 Å². The molecule has 2 aliphatic heterocycles. The molecule has 5 aliphatic carbocycles. The molecule has 8 rings (SSSR count). The van der Waals surface area contributed by atoms with Gasteiger partial charge in [-0.2, -0.15) is 0 Å². The van der Waals surface area contributed by atoms with E-state index < -0.39 is 11.2 Å². The zero-order valence-corrected chi connectivity index (χ0v) is 24.8. The lowest BCUT2D eigenvalue weighted by Crippen LogP contribution is -2.83. The number of nitrogens with zero attached hydrogens (tertiary/aromatic N) is 1. The molecule has 39 heavy (non-hydrogen) atoms. The fourth-order valence-corrected chi connectivity index (χ4v) is 10.0. The largest absolute Gasteiger partial charge is 0.482 e. The highest BCUT2D eigenvalue weighted by molar-refractivity contribution is 5.75. The van der Waals surface area contributed by atoms with Gasteiger partial charge in [0.1, 0.15) is 11.7 Å². The monoisotopic (exact) mass is 537 g/mol. The molecule has 4 bridgehead atoms. The van der Waals surface area contributed by atoms with Gasteiger partial charge in [-0.15, -0.1) is 0 Å². The minimum absolute atomic E-state index is 0.00467. The number of carbonyl (C=O) groups excluding carboxylic acids is 1. The number of rotatable bonds is 7. The van der Waals surface area contributed by atoms with Crippen LogP contribution >= 0.6 is 0 Å². The van der Waals surface area contributed by atoms with Crippen LogP contribution in [0.2, 0.25) is 0 Å². The summed E-state index contributed by atoms with van der Waals surface area (Å²) >= 11 is 0. The topological polar surface area (TPSA) is 68.2 Å². The Balaban J connectivity index is 1.43. The number of benzene rings is 1. The minimum Gasteiger partial charge on any atom is -0.482 e. The normalized spacial score (nSPS) is 39.6. The van der Waals surface area contributed by atoms with E-state index in [0.717, 1.165) is 56.7 Å². The number of likely N-dealkylation sites (tertiary alicyclic amines) is 1. The first-order valence-corrected chi connectivity index (χ1v) is 15.5. The number of fused-ring (bicyclic) bond motifs is 2. The Morgan fingerprint density at radius 1 is 1.18 bits per heavy atom. The van der Waals surface area contributed by atoms with Crippen molar-refractivity contribution in [3.05, 3.63) is 23.3 Å². The van der Waals surface area contributed by atoms with Gasteiger partial charge in [0.15, 0.2) is 11.5 Å². The predicted octanol–water partition coefficient (Wildman–Crippen LogP) is 5.41. The second-order valence-electron chi connectivity index (χ2n) is 15.0. The molecule has 7 aliphatic rings. The van der Waals surface area contributed by atoms with Crippen LogP contribution < -0.4 is 9.47 Å². The summed E-state index contributed by atoms with van der Waals surface area (Å²) in [5.74, 6) is 1.91. The molecule has 0 radical (unpaired) electrons. The number of carbonyl (C=O) groups is 1. The fraction of sp³-hybridized carbons (Fsp3) is 0.788. The van der Waals surface area contributed by atoms with Crippen LogP contribution in [0.25, 0.3) is 0 Å². The lowest BCUT2D eigenvalue weighted by Gasteiger charge is -2.75. The highest BCUT2D eigenvalue weighted by Gasteiger charge is 2.82. The van der Waals surface area contributed by atoms with E-state index in [-0.39, 0.29) is 34.2 Å². The summed E-state index contributed by atoms with van der Waals surface area (Å²) in [6.07, 6.45) is 8.59. The molecule has 2 heterocycles. The van der Waals surface area contributed by atoms with Crippen molar-refractivity contribution in [2.24, 2.45) is 22.7 Å². The summed E-state index contributed by atoms with van der Waals surface area (Å²) in [6.45, 7) is 12.8.